The van der Waals surface area contributed by atoms with E-state index in [9.17, 15) is 0 Å². The molecule has 0 N–H and O–H groups in total. The van der Waals surface area contributed by atoms with Gasteiger partial charge in [-0.2, -0.15) is 0 Å². The largest absolute Gasteiger partial charge is 0.340 e. The fourth-order valence-corrected chi connectivity index (χ4v) is 4.09. The lowest BCUT2D eigenvalue weighted by Gasteiger charge is -2.36. The lowest BCUT2D eigenvalue weighted by molar-refractivity contribution is 0.601. The second kappa shape index (κ2) is 8.75. The van der Waals surface area contributed by atoms with Gasteiger partial charge in [-0.25, -0.2) is 0 Å². The number of hydrogen-bond acceptors (Lipinski definition) is 1. The van der Waals surface area contributed by atoms with Gasteiger partial charge >= 0.3 is 0 Å². The van der Waals surface area contributed by atoms with Gasteiger partial charge in [-0.15, -0.1) is 0 Å². The third kappa shape index (κ3) is 4.31. The van der Waals surface area contributed by atoms with Gasteiger partial charge in [-0.3, -0.25) is 0 Å². The molecular formula is C25H35N. The summed E-state index contributed by atoms with van der Waals surface area (Å²) < 4.78 is 0. The van der Waals surface area contributed by atoms with E-state index in [0.29, 0.717) is 0 Å². The minimum absolute atomic E-state index is 0.753. The van der Waals surface area contributed by atoms with Crippen LogP contribution >= 0.6 is 0 Å². The lowest BCUT2D eigenvalue weighted by atomic mass is 9.90. The number of allylic oxidation sites excluding steroid dienone is 3. The molecule has 1 heterocycles. The Morgan fingerprint density at radius 2 is 1.77 bits per heavy atom. The number of nitrogens with zero attached hydrogens (tertiary/aromatic N) is 1. The first-order chi connectivity index (χ1) is 12.6. The fraction of sp³-hybridized carbons (Fsp3) is 0.520. The van der Waals surface area contributed by atoms with Crippen LogP contribution in [0.15, 0.2) is 54.3 Å². The minimum atomic E-state index is 0.753. The van der Waals surface area contributed by atoms with E-state index in [1.54, 1.807) is 0 Å². The molecule has 0 amide bonds. The van der Waals surface area contributed by atoms with Gasteiger partial charge in [0.25, 0.3) is 0 Å². The Labute approximate surface area is 160 Å². The molecule has 0 unspecified atom stereocenters. The van der Waals surface area contributed by atoms with E-state index in [1.165, 1.54) is 85.0 Å². The number of anilines is 1. The van der Waals surface area contributed by atoms with Crippen molar-refractivity contribution in [3.8, 4) is 0 Å². The van der Waals surface area contributed by atoms with Crippen LogP contribution in [-0.2, 0) is 0 Å². The molecule has 1 nitrogen and oxygen atoms in total. The monoisotopic (exact) mass is 349 g/mol. The highest BCUT2D eigenvalue weighted by Crippen LogP contribution is 2.43. The van der Waals surface area contributed by atoms with Crippen LogP contribution in [0.25, 0.3) is 5.57 Å². The average Bonchev–Trinajstić information content (AvgIpc) is 3.49. The van der Waals surface area contributed by atoms with Gasteiger partial charge in [-0.1, -0.05) is 76.0 Å². The summed E-state index contributed by atoms with van der Waals surface area (Å²) >= 11 is 0. The Hall–Kier alpha value is -1.76. The molecule has 0 spiro atoms. The summed E-state index contributed by atoms with van der Waals surface area (Å²) in [4.78, 5) is 2.55. The molecule has 2 aliphatic rings. The predicted octanol–water partition coefficient (Wildman–Crippen LogP) is 7.51. The number of fused-ring (bicyclic) bond motifs is 1. The van der Waals surface area contributed by atoms with Crippen molar-refractivity contribution in [1.82, 2.24) is 0 Å². The standard InChI is InChI=1S/C25H35N/c1-5-6-7-8-9-10-14-24-21(4)20(3)23-13-11-12-15-25(23)26(24)18-19(2)22-16-17-22/h11-13,15,22H,2-3,5-10,14,16-18H2,1,4H3. The fourth-order valence-electron chi connectivity index (χ4n) is 4.09. The normalized spacial score (nSPS) is 16.8. The van der Waals surface area contributed by atoms with Crippen molar-refractivity contribution in [2.24, 2.45) is 5.92 Å². The Bertz CT molecular complexity index is 690. The molecule has 1 aliphatic heterocycles. The molecule has 0 aromatic heterocycles. The van der Waals surface area contributed by atoms with Crippen LogP contribution in [0.1, 0.15) is 77.2 Å². The van der Waals surface area contributed by atoms with Crippen LogP contribution in [0.5, 0.6) is 0 Å². The number of unbranched alkanes of at least 4 members (excludes halogenated alkanes) is 5. The van der Waals surface area contributed by atoms with Crippen molar-refractivity contribution in [1.29, 1.82) is 0 Å². The molecule has 1 heteroatoms. The third-order valence-corrected chi connectivity index (χ3v) is 6.01. The second-order valence-electron chi connectivity index (χ2n) is 8.10. The first kappa shape index (κ1) is 19.0. The molecule has 1 aliphatic carbocycles. The van der Waals surface area contributed by atoms with Gasteiger partial charge in [0, 0.05) is 23.5 Å². The van der Waals surface area contributed by atoms with Gasteiger partial charge in [0.05, 0.1) is 0 Å². The molecule has 140 valence electrons. The number of hydrogen-bond donors (Lipinski definition) is 0. The smallest absolute Gasteiger partial charge is 0.0490 e. The summed E-state index contributed by atoms with van der Waals surface area (Å²) in [5, 5.41) is 0. The van der Waals surface area contributed by atoms with E-state index in [-0.39, 0.29) is 0 Å². The molecule has 0 atom stereocenters. The maximum absolute atomic E-state index is 4.41. The predicted molar refractivity (Wildman–Crippen MR) is 115 cm³/mol. The second-order valence-corrected chi connectivity index (χ2v) is 8.10. The zero-order chi connectivity index (χ0) is 18.5. The molecule has 26 heavy (non-hydrogen) atoms. The van der Waals surface area contributed by atoms with Crippen LogP contribution in [0, 0.1) is 5.92 Å². The maximum Gasteiger partial charge on any atom is 0.0490 e. The van der Waals surface area contributed by atoms with Crippen molar-refractivity contribution in [3.05, 3.63) is 59.8 Å². The molecule has 0 saturated heterocycles. The number of para-hydroxylation sites is 1. The van der Waals surface area contributed by atoms with E-state index in [2.05, 4.69) is 56.2 Å². The van der Waals surface area contributed by atoms with E-state index >= 15 is 0 Å². The summed E-state index contributed by atoms with van der Waals surface area (Å²) in [6.45, 7) is 14.3. The first-order valence-corrected chi connectivity index (χ1v) is 10.6. The first-order valence-electron chi connectivity index (χ1n) is 10.6. The molecule has 0 bridgehead atoms. The Balaban J connectivity index is 1.75. The summed E-state index contributed by atoms with van der Waals surface area (Å²) in [6.07, 6.45) is 11.9. The molecule has 1 aromatic rings. The zero-order valence-corrected chi connectivity index (χ0v) is 16.8. The molecule has 1 saturated carbocycles. The summed E-state index contributed by atoms with van der Waals surface area (Å²) in [7, 11) is 0. The van der Waals surface area contributed by atoms with Crippen molar-refractivity contribution in [2.75, 3.05) is 11.4 Å². The Kier molecular flexibility index (Phi) is 6.40. The highest BCUT2D eigenvalue weighted by atomic mass is 15.2. The molecule has 1 fully saturated rings. The van der Waals surface area contributed by atoms with E-state index < -0.39 is 0 Å². The Morgan fingerprint density at radius 1 is 1.08 bits per heavy atom. The highest BCUT2D eigenvalue weighted by Gasteiger charge is 2.30. The van der Waals surface area contributed by atoms with Gasteiger partial charge in [0.2, 0.25) is 0 Å². The van der Waals surface area contributed by atoms with E-state index in [1.807, 2.05) is 0 Å². The molecular weight excluding hydrogens is 314 g/mol. The number of benzene rings is 1. The van der Waals surface area contributed by atoms with Crippen LogP contribution in [0.4, 0.5) is 5.69 Å². The highest BCUT2D eigenvalue weighted by molar-refractivity contribution is 5.89. The van der Waals surface area contributed by atoms with Crippen molar-refractivity contribution >= 4 is 11.3 Å². The maximum atomic E-state index is 4.41. The Morgan fingerprint density at radius 3 is 2.50 bits per heavy atom. The summed E-state index contributed by atoms with van der Waals surface area (Å²) in [5.74, 6) is 0.753. The quantitative estimate of drug-likeness (QED) is 0.312. The van der Waals surface area contributed by atoms with Crippen LogP contribution in [-0.4, -0.2) is 6.54 Å². The van der Waals surface area contributed by atoms with Gasteiger partial charge in [0.1, 0.15) is 0 Å². The molecule has 3 rings (SSSR count). The topological polar surface area (TPSA) is 3.24 Å². The van der Waals surface area contributed by atoms with Crippen LogP contribution in [0.3, 0.4) is 0 Å². The lowest BCUT2D eigenvalue weighted by Crippen LogP contribution is -2.30. The summed E-state index contributed by atoms with van der Waals surface area (Å²) in [6, 6.07) is 8.76. The van der Waals surface area contributed by atoms with Crippen molar-refractivity contribution < 1.29 is 0 Å². The van der Waals surface area contributed by atoms with E-state index in [4.69, 9.17) is 0 Å². The average molecular weight is 350 g/mol. The van der Waals surface area contributed by atoms with Crippen molar-refractivity contribution in [3.63, 3.8) is 0 Å². The zero-order valence-electron chi connectivity index (χ0n) is 16.8. The van der Waals surface area contributed by atoms with E-state index in [0.717, 1.165) is 18.9 Å². The van der Waals surface area contributed by atoms with Crippen LogP contribution < -0.4 is 4.90 Å². The van der Waals surface area contributed by atoms with Crippen LogP contribution in [0.2, 0.25) is 0 Å². The van der Waals surface area contributed by atoms with Crippen molar-refractivity contribution in [2.45, 2.75) is 71.6 Å². The third-order valence-electron chi connectivity index (χ3n) is 6.01. The minimum Gasteiger partial charge on any atom is -0.340 e. The van der Waals surface area contributed by atoms with Gasteiger partial charge in [-0.05, 0) is 55.7 Å². The SMILES string of the molecule is C=C1C(C)=C(CCCCCCCC)N(CC(=C)C2CC2)c2ccccc21. The summed E-state index contributed by atoms with van der Waals surface area (Å²) in [5.41, 5.74) is 8.08. The molecule has 0 radical (unpaired) electrons. The molecule has 1 aromatic carbocycles. The van der Waals surface area contributed by atoms with Gasteiger partial charge in [0.15, 0.2) is 0 Å². The van der Waals surface area contributed by atoms with Gasteiger partial charge < -0.3 is 4.90 Å². The number of rotatable bonds is 10.